The lowest BCUT2D eigenvalue weighted by molar-refractivity contribution is 0.102. The van der Waals surface area contributed by atoms with Gasteiger partial charge in [0, 0.05) is 10.6 Å². The lowest BCUT2D eigenvalue weighted by Gasteiger charge is -2.04. The fraction of sp³-hybridized carbons (Fsp3) is 0.333. The number of para-hydroxylation sites is 1. The molecule has 1 aromatic heterocycles. The number of rotatable bonds is 2. The third-order valence-corrected chi connectivity index (χ3v) is 4.59. The van der Waals surface area contributed by atoms with Crippen LogP contribution >= 0.6 is 23.7 Å². The Bertz CT molecular complexity index is 618. The van der Waals surface area contributed by atoms with Crippen molar-refractivity contribution in [2.45, 2.75) is 32.1 Å². The Balaban J connectivity index is 0.00000161. The van der Waals surface area contributed by atoms with E-state index in [4.69, 9.17) is 5.73 Å². The smallest absolute Gasteiger partial charge is 0.259 e. The zero-order valence-corrected chi connectivity index (χ0v) is 13.2. The van der Waals surface area contributed by atoms with Gasteiger partial charge in [-0.2, -0.15) is 0 Å². The van der Waals surface area contributed by atoms with E-state index >= 15 is 0 Å². The van der Waals surface area contributed by atoms with Crippen LogP contribution in [0.1, 0.15) is 40.2 Å². The summed E-state index contributed by atoms with van der Waals surface area (Å²) < 4.78 is 0. The highest BCUT2D eigenvalue weighted by molar-refractivity contribution is 7.15. The Kier molecular flexibility index (Phi) is 5.20. The Hall–Kier alpha value is -1.59. The zero-order chi connectivity index (χ0) is 13.9. The number of halogens is 1. The number of nitrogens with one attached hydrogen (secondary N) is 1. The van der Waals surface area contributed by atoms with Crippen LogP contribution in [0, 0.1) is 0 Å². The molecule has 0 radical (unpaired) electrons. The van der Waals surface area contributed by atoms with Gasteiger partial charge in [0.15, 0.2) is 5.13 Å². The molecule has 0 unspecified atom stereocenters. The van der Waals surface area contributed by atoms with Crippen LogP contribution in [0.2, 0.25) is 0 Å². The van der Waals surface area contributed by atoms with E-state index in [9.17, 15) is 4.79 Å². The summed E-state index contributed by atoms with van der Waals surface area (Å²) in [6.45, 7) is 0. The molecule has 0 saturated heterocycles. The molecule has 0 fully saturated rings. The largest absolute Gasteiger partial charge is 0.398 e. The van der Waals surface area contributed by atoms with Crippen molar-refractivity contribution >= 4 is 40.5 Å². The van der Waals surface area contributed by atoms with Gasteiger partial charge in [0.25, 0.3) is 5.91 Å². The minimum Gasteiger partial charge on any atom is -0.398 e. The normalized spacial score (nSPS) is 13.7. The second-order valence-corrected chi connectivity index (χ2v) is 6.07. The van der Waals surface area contributed by atoms with Gasteiger partial charge in [-0.25, -0.2) is 4.98 Å². The first-order valence-electron chi connectivity index (χ1n) is 6.88. The number of aryl methyl sites for hydroxylation is 2. The molecule has 0 saturated carbocycles. The molecule has 6 heteroatoms. The molecule has 0 bridgehead atoms. The molecule has 3 rings (SSSR count). The fourth-order valence-corrected chi connectivity index (χ4v) is 3.50. The van der Waals surface area contributed by atoms with Gasteiger partial charge in [-0.15, -0.1) is 23.7 Å². The van der Waals surface area contributed by atoms with E-state index in [1.54, 1.807) is 23.5 Å². The Morgan fingerprint density at radius 1 is 1.19 bits per heavy atom. The van der Waals surface area contributed by atoms with Crippen molar-refractivity contribution in [2.24, 2.45) is 0 Å². The van der Waals surface area contributed by atoms with Gasteiger partial charge in [-0.3, -0.25) is 10.1 Å². The minimum atomic E-state index is -0.188. The third-order valence-electron chi connectivity index (χ3n) is 3.52. The maximum atomic E-state index is 12.2. The molecule has 2 aromatic rings. The average Bonchev–Trinajstić information content (AvgIpc) is 2.68. The minimum absolute atomic E-state index is 0. The number of fused-ring (bicyclic) bond motifs is 1. The predicted molar refractivity (Wildman–Crippen MR) is 89.4 cm³/mol. The van der Waals surface area contributed by atoms with Crippen molar-refractivity contribution in [3.05, 3.63) is 40.4 Å². The molecule has 3 N–H and O–H groups in total. The number of carbonyl (C=O) groups excluding carboxylic acids is 1. The summed E-state index contributed by atoms with van der Waals surface area (Å²) in [5, 5.41) is 3.55. The number of nitrogens with zero attached hydrogens (tertiary/aromatic N) is 1. The SMILES string of the molecule is Cl.Nc1ccccc1C(=O)Nc1nc2c(s1)CCCCC2. The average molecular weight is 324 g/mol. The van der Waals surface area contributed by atoms with Gasteiger partial charge in [0.05, 0.1) is 11.3 Å². The van der Waals surface area contributed by atoms with Gasteiger partial charge < -0.3 is 5.73 Å². The lowest BCUT2D eigenvalue weighted by atomic mass is 10.2. The first kappa shape index (κ1) is 15.8. The van der Waals surface area contributed by atoms with E-state index in [2.05, 4.69) is 10.3 Å². The van der Waals surface area contributed by atoms with Crippen LogP contribution in [0.25, 0.3) is 0 Å². The van der Waals surface area contributed by atoms with Gasteiger partial charge in [-0.05, 0) is 37.8 Å². The van der Waals surface area contributed by atoms with E-state index in [-0.39, 0.29) is 18.3 Å². The monoisotopic (exact) mass is 323 g/mol. The maximum absolute atomic E-state index is 12.2. The van der Waals surface area contributed by atoms with Gasteiger partial charge in [0.1, 0.15) is 0 Å². The number of anilines is 2. The molecule has 1 aliphatic rings. The van der Waals surface area contributed by atoms with Gasteiger partial charge in [-0.1, -0.05) is 18.6 Å². The van der Waals surface area contributed by atoms with Crippen LogP contribution in [0.15, 0.2) is 24.3 Å². The molecule has 21 heavy (non-hydrogen) atoms. The number of hydrogen-bond donors (Lipinski definition) is 2. The van der Waals surface area contributed by atoms with Crippen molar-refractivity contribution in [2.75, 3.05) is 11.1 Å². The fourth-order valence-electron chi connectivity index (χ4n) is 2.45. The van der Waals surface area contributed by atoms with Crippen LogP contribution in [0.5, 0.6) is 0 Å². The highest BCUT2D eigenvalue weighted by Gasteiger charge is 2.16. The number of aromatic nitrogens is 1. The molecule has 0 aliphatic heterocycles. The first-order valence-corrected chi connectivity index (χ1v) is 7.70. The molecule has 1 aromatic carbocycles. The van der Waals surface area contributed by atoms with Crippen molar-refractivity contribution in [3.8, 4) is 0 Å². The Morgan fingerprint density at radius 3 is 2.76 bits per heavy atom. The van der Waals surface area contributed by atoms with Gasteiger partial charge >= 0.3 is 0 Å². The van der Waals surface area contributed by atoms with Crippen LogP contribution in [0.3, 0.4) is 0 Å². The highest BCUT2D eigenvalue weighted by Crippen LogP contribution is 2.29. The number of hydrogen-bond acceptors (Lipinski definition) is 4. The molecular formula is C15H18ClN3OS. The number of carbonyl (C=O) groups is 1. The summed E-state index contributed by atoms with van der Waals surface area (Å²) in [6, 6.07) is 7.08. The number of thiazole rings is 1. The van der Waals surface area contributed by atoms with E-state index in [0.717, 1.165) is 18.5 Å². The second-order valence-electron chi connectivity index (χ2n) is 4.99. The second kappa shape index (κ2) is 6.91. The molecule has 4 nitrogen and oxygen atoms in total. The van der Waals surface area contributed by atoms with Crippen molar-refractivity contribution in [3.63, 3.8) is 0 Å². The van der Waals surface area contributed by atoms with Crippen LogP contribution in [-0.2, 0) is 12.8 Å². The molecular weight excluding hydrogens is 306 g/mol. The van der Waals surface area contributed by atoms with Crippen LogP contribution in [-0.4, -0.2) is 10.9 Å². The third kappa shape index (κ3) is 3.54. The quantitative estimate of drug-likeness (QED) is 0.654. The Labute approximate surface area is 134 Å². The number of nitrogen functional groups attached to an aromatic ring is 1. The molecule has 0 spiro atoms. The summed E-state index contributed by atoms with van der Waals surface area (Å²) in [5.74, 6) is -0.188. The standard InChI is InChI=1S/C15H17N3OS.ClH/c16-11-7-5-4-6-10(11)14(19)18-15-17-12-8-2-1-3-9-13(12)20-15;/h4-7H,1-3,8-9,16H2,(H,17,18,19);1H. The van der Waals surface area contributed by atoms with Crippen molar-refractivity contribution < 1.29 is 4.79 Å². The number of nitrogens with two attached hydrogens (primary N) is 1. The topological polar surface area (TPSA) is 68.0 Å². The number of benzene rings is 1. The predicted octanol–water partition coefficient (Wildman–Crippen LogP) is 3.67. The van der Waals surface area contributed by atoms with Crippen molar-refractivity contribution in [1.29, 1.82) is 0 Å². The summed E-state index contributed by atoms with van der Waals surface area (Å²) in [5.41, 5.74) is 7.96. The molecule has 1 amide bonds. The number of amides is 1. The van der Waals surface area contributed by atoms with E-state index in [1.807, 2.05) is 12.1 Å². The van der Waals surface area contributed by atoms with Gasteiger partial charge in [0.2, 0.25) is 0 Å². The molecule has 112 valence electrons. The Morgan fingerprint density at radius 2 is 1.95 bits per heavy atom. The van der Waals surface area contributed by atoms with E-state index in [1.165, 1.54) is 24.1 Å². The van der Waals surface area contributed by atoms with Crippen LogP contribution < -0.4 is 11.1 Å². The zero-order valence-electron chi connectivity index (χ0n) is 11.6. The summed E-state index contributed by atoms with van der Waals surface area (Å²) in [4.78, 5) is 18.1. The highest BCUT2D eigenvalue weighted by atomic mass is 35.5. The van der Waals surface area contributed by atoms with E-state index in [0.29, 0.717) is 16.4 Å². The van der Waals surface area contributed by atoms with E-state index < -0.39 is 0 Å². The summed E-state index contributed by atoms with van der Waals surface area (Å²) in [7, 11) is 0. The summed E-state index contributed by atoms with van der Waals surface area (Å²) >= 11 is 1.59. The maximum Gasteiger partial charge on any atom is 0.259 e. The molecule has 0 atom stereocenters. The lowest BCUT2D eigenvalue weighted by Crippen LogP contribution is -2.13. The molecule has 1 heterocycles. The summed E-state index contributed by atoms with van der Waals surface area (Å²) in [6.07, 6.45) is 5.78. The molecule has 1 aliphatic carbocycles. The van der Waals surface area contributed by atoms with Crippen LogP contribution in [0.4, 0.5) is 10.8 Å². The van der Waals surface area contributed by atoms with Crippen molar-refractivity contribution in [1.82, 2.24) is 4.98 Å². The first-order chi connectivity index (χ1) is 9.74.